The minimum Gasteiger partial charge on any atom is -0.342 e. The number of aromatic nitrogens is 2. The van der Waals surface area contributed by atoms with Crippen LogP contribution in [0.1, 0.15) is 25.7 Å². The first-order valence-electron chi connectivity index (χ1n) is 6.85. The van der Waals surface area contributed by atoms with Gasteiger partial charge >= 0.3 is 6.03 Å². The van der Waals surface area contributed by atoms with Crippen LogP contribution in [0.2, 0.25) is 0 Å². The third kappa shape index (κ3) is 3.24. The number of piperidine rings is 1. The van der Waals surface area contributed by atoms with Gasteiger partial charge in [-0.05, 0) is 25.7 Å². The van der Waals surface area contributed by atoms with Crippen LogP contribution in [0.15, 0.2) is 5.51 Å². The highest BCUT2D eigenvalue weighted by molar-refractivity contribution is 7.13. The largest absolute Gasteiger partial charge is 0.342 e. The third-order valence-corrected chi connectivity index (χ3v) is 4.26. The Morgan fingerprint density at radius 2 is 2.00 bits per heavy atom. The van der Waals surface area contributed by atoms with Gasteiger partial charge in [0, 0.05) is 25.0 Å². The lowest BCUT2D eigenvalue weighted by Crippen LogP contribution is -2.47. The van der Waals surface area contributed by atoms with Crippen LogP contribution in [-0.4, -0.2) is 46.2 Å². The molecule has 0 aromatic carbocycles. The molecule has 1 aromatic rings. The molecule has 2 aliphatic rings. The lowest BCUT2D eigenvalue weighted by molar-refractivity contribution is -0.133. The van der Waals surface area contributed by atoms with Crippen LogP contribution in [0.4, 0.5) is 9.93 Å². The fraction of sp³-hybridized carbons (Fsp3) is 0.667. The van der Waals surface area contributed by atoms with Crippen molar-refractivity contribution in [1.29, 1.82) is 0 Å². The summed E-state index contributed by atoms with van der Waals surface area (Å²) in [5, 5.41) is 13.5. The minimum absolute atomic E-state index is 0.117. The van der Waals surface area contributed by atoms with Gasteiger partial charge in [0.2, 0.25) is 11.0 Å². The van der Waals surface area contributed by atoms with Crippen LogP contribution in [0.3, 0.4) is 0 Å². The Bertz CT molecular complexity index is 480. The lowest BCUT2D eigenvalue weighted by atomic mass is 10.0. The van der Waals surface area contributed by atoms with Crippen LogP contribution >= 0.6 is 11.3 Å². The zero-order valence-electron chi connectivity index (χ0n) is 11.0. The molecule has 0 spiro atoms. The van der Waals surface area contributed by atoms with E-state index in [1.54, 1.807) is 5.51 Å². The van der Waals surface area contributed by atoms with Crippen LogP contribution in [0.5, 0.6) is 0 Å². The first kappa shape index (κ1) is 13.3. The number of nitrogens with zero attached hydrogens (tertiary/aromatic N) is 3. The second kappa shape index (κ2) is 5.74. The van der Waals surface area contributed by atoms with E-state index < -0.39 is 0 Å². The predicted octanol–water partition coefficient (Wildman–Crippen LogP) is 1.06. The predicted molar refractivity (Wildman–Crippen MR) is 74.4 cm³/mol. The van der Waals surface area contributed by atoms with Crippen LogP contribution in [0.25, 0.3) is 0 Å². The molecule has 1 aliphatic heterocycles. The summed E-state index contributed by atoms with van der Waals surface area (Å²) in [6.07, 6.45) is 3.70. The van der Waals surface area contributed by atoms with Crippen molar-refractivity contribution in [2.75, 3.05) is 18.4 Å². The highest BCUT2D eigenvalue weighted by Gasteiger charge is 2.35. The third-order valence-electron chi connectivity index (χ3n) is 3.65. The molecule has 0 unspecified atom stereocenters. The van der Waals surface area contributed by atoms with Crippen LogP contribution in [0, 0.1) is 5.92 Å². The molecule has 0 bridgehead atoms. The van der Waals surface area contributed by atoms with E-state index in [1.165, 1.54) is 11.3 Å². The average molecular weight is 295 g/mol. The summed E-state index contributed by atoms with van der Waals surface area (Å²) >= 11 is 1.28. The fourth-order valence-electron chi connectivity index (χ4n) is 2.38. The normalized spacial score (nSPS) is 19.7. The van der Waals surface area contributed by atoms with Crippen molar-refractivity contribution in [1.82, 2.24) is 20.4 Å². The summed E-state index contributed by atoms with van der Waals surface area (Å²) in [5.41, 5.74) is 1.57. The fourth-order valence-corrected chi connectivity index (χ4v) is 2.82. The molecule has 7 nitrogen and oxygen atoms in total. The number of nitrogens with one attached hydrogen (secondary N) is 2. The number of likely N-dealkylation sites (tertiary alicyclic amines) is 1. The Hall–Kier alpha value is -1.70. The number of rotatable bonds is 3. The molecule has 0 radical (unpaired) electrons. The van der Waals surface area contributed by atoms with E-state index in [1.807, 2.05) is 4.90 Å². The van der Waals surface area contributed by atoms with Crippen molar-refractivity contribution >= 4 is 28.4 Å². The van der Waals surface area contributed by atoms with Crippen molar-refractivity contribution in [3.8, 4) is 0 Å². The zero-order chi connectivity index (χ0) is 13.9. The Balaban J connectivity index is 1.41. The Kier molecular flexibility index (Phi) is 3.81. The monoisotopic (exact) mass is 295 g/mol. The molecule has 1 saturated carbocycles. The molecule has 3 amide bonds. The quantitative estimate of drug-likeness (QED) is 0.873. The highest BCUT2D eigenvalue weighted by Crippen LogP contribution is 2.31. The summed E-state index contributed by atoms with van der Waals surface area (Å²) in [6.45, 7) is 1.47. The number of hydrogen-bond donors (Lipinski definition) is 2. The summed E-state index contributed by atoms with van der Waals surface area (Å²) in [7, 11) is 0. The van der Waals surface area contributed by atoms with Gasteiger partial charge < -0.3 is 10.2 Å². The van der Waals surface area contributed by atoms with Crippen molar-refractivity contribution < 1.29 is 9.59 Å². The van der Waals surface area contributed by atoms with E-state index in [2.05, 4.69) is 20.8 Å². The SMILES string of the molecule is O=C(Nc1nncs1)NC1CCN(C(=O)C2CC2)CC1. The summed E-state index contributed by atoms with van der Waals surface area (Å²) in [5.74, 6) is 0.571. The van der Waals surface area contributed by atoms with Crippen molar-refractivity contribution in [3.63, 3.8) is 0 Å². The van der Waals surface area contributed by atoms with Gasteiger partial charge in [-0.2, -0.15) is 0 Å². The number of anilines is 1. The molecule has 3 rings (SSSR count). The van der Waals surface area contributed by atoms with E-state index in [0.29, 0.717) is 11.0 Å². The second-order valence-electron chi connectivity index (χ2n) is 5.22. The molecule has 2 heterocycles. The summed E-state index contributed by atoms with van der Waals surface area (Å²) in [4.78, 5) is 25.6. The minimum atomic E-state index is -0.256. The van der Waals surface area contributed by atoms with Gasteiger partial charge in [-0.1, -0.05) is 11.3 Å². The molecule has 1 saturated heterocycles. The van der Waals surface area contributed by atoms with Gasteiger partial charge in [0.25, 0.3) is 0 Å². The van der Waals surface area contributed by atoms with Crippen molar-refractivity contribution in [3.05, 3.63) is 5.51 Å². The molecule has 1 aromatic heterocycles. The number of carbonyl (C=O) groups excluding carboxylic acids is 2. The average Bonchev–Trinajstić information content (AvgIpc) is 3.18. The van der Waals surface area contributed by atoms with Crippen LogP contribution < -0.4 is 10.6 Å². The first-order valence-corrected chi connectivity index (χ1v) is 7.73. The van der Waals surface area contributed by atoms with Gasteiger partial charge in [0.1, 0.15) is 5.51 Å². The Morgan fingerprint density at radius 1 is 1.25 bits per heavy atom. The van der Waals surface area contributed by atoms with Crippen LogP contribution in [-0.2, 0) is 4.79 Å². The zero-order valence-corrected chi connectivity index (χ0v) is 11.9. The number of carbonyl (C=O) groups is 2. The number of amides is 3. The van der Waals surface area contributed by atoms with E-state index >= 15 is 0 Å². The van der Waals surface area contributed by atoms with E-state index in [0.717, 1.165) is 38.8 Å². The van der Waals surface area contributed by atoms with Gasteiger partial charge in [0.05, 0.1) is 0 Å². The molecule has 20 heavy (non-hydrogen) atoms. The van der Waals surface area contributed by atoms with Gasteiger partial charge in [-0.25, -0.2) is 4.79 Å². The molecule has 108 valence electrons. The van der Waals surface area contributed by atoms with Gasteiger partial charge in [-0.3, -0.25) is 10.1 Å². The van der Waals surface area contributed by atoms with Crippen molar-refractivity contribution in [2.24, 2.45) is 5.92 Å². The molecule has 2 fully saturated rings. The molecule has 0 atom stereocenters. The van der Waals surface area contributed by atoms with E-state index in [9.17, 15) is 9.59 Å². The maximum Gasteiger partial charge on any atom is 0.321 e. The van der Waals surface area contributed by atoms with Gasteiger partial charge in [-0.15, -0.1) is 10.2 Å². The Morgan fingerprint density at radius 3 is 2.60 bits per heavy atom. The van der Waals surface area contributed by atoms with E-state index in [4.69, 9.17) is 0 Å². The van der Waals surface area contributed by atoms with Gasteiger partial charge in [0.15, 0.2) is 0 Å². The second-order valence-corrected chi connectivity index (χ2v) is 6.05. The summed E-state index contributed by atoms with van der Waals surface area (Å²) < 4.78 is 0. The topological polar surface area (TPSA) is 87.2 Å². The van der Waals surface area contributed by atoms with E-state index in [-0.39, 0.29) is 18.0 Å². The number of hydrogen-bond acceptors (Lipinski definition) is 5. The maximum atomic E-state index is 11.9. The summed E-state index contributed by atoms with van der Waals surface area (Å²) in [6, 6.07) is -0.139. The Labute approximate surface area is 120 Å². The molecular formula is C12H17N5O2S. The molecule has 8 heteroatoms. The maximum absolute atomic E-state index is 11.9. The molecular weight excluding hydrogens is 278 g/mol. The highest BCUT2D eigenvalue weighted by atomic mass is 32.1. The lowest BCUT2D eigenvalue weighted by Gasteiger charge is -2.32. The molecule has 1 aliphatic carbocycles. The standard InChI is InChI=1S/C12H17N5O2S/c18-10(8-1-2-8)17-5-3-9(4-6-17)14-11(19)15-12-16-13-7-20-12/h7-9H,1-6H2,(H2,14,15,16,19). The first-order chi connectivity index (χ1) is 9.72. The smallest absolute Gasteiger partial charge is 0.321 e. The van der Waals surface area contributed by atoms with Crippen molar-refractivity contribution in [2.45, 2.75) is 31.7 Å². The molecule has 2 N–H and O–H groups in total. The number of urea groups is 1.